The monoisotopic (exact) mass is 538 g/mol. The van der Waals surface area contributed by atoms with Gasteiger partial charge in [0.15, 0.2) is 31.5 Å². The minimum absolute atomic E-state index is 0.0431. The predicted molar refractivity (Wildman–Crippen MR) is 135 cm³/mol. The van der Waals surface area contributed by atoms with Crippen LogP contribution in [0, 0.1) is 0 Å². The molecule has 2 aromatic heterocycles. The van der Waals surface area contributed by atoms with Gasteiger partial charge in [-0.3, -0.25) is 18.7 Å². The third-order valence-corrected chi connectivity index (χ3v) is 11.6. The highest BCUT2D eigenvalue weighted by atomic mass is 28.4. The Labute approximate surface area is 217 Å². The van der Waals surface area contributed by atoms with E-state index in [0.29, 0.717) is 12.3 Å². The van der Waals surface area contributed by atoms with Crippen LogP contribution in [-0.4, -0.2) is 77.3 Å². The Hall–Kier alpha value is -2.16. The summed E-state index contributed by atoms with van der Waals surface area (Å²) in [6.07, 6.45) is 1.23. The van der Waals surface area contributed by atoms with Crippen LogP contribution in [0.2, 0.25) is 18.1 Å². The molecule has 13 heteroatoms. The van der Waals surface area contributed by atoms with Crippen molar-refractivity contribution in [1.29, 1.82) is 0 Å². The summed E-state index contributed by atoms with van der Waals surface area (Å²) in [5.74, 6) is -1.17. The van der Waals surface area contributed by atoms with E-state index in [0.717, 1.165) is 0 Å². The lowest BCUT2D eigenvalue weighted by molar-refractivity contribution is -0.199. The fourth-order valence-electron chi connectivity index (χ4n) is 4.16. The van der Waals surface area contributed by atoms with Gasteiger partial charge in [0.25, 0.3) is 5.56 Å². The fraction of sp³-hybridized carbons (Fsp3) is 0.750. The van der Waals surface area contributed by atoms with Crippen molar-refractivity contribution in [1.82, 2.24) is 19.1 Å². The van der Waals surface area contributed by atoms with Crippen molar-refractivity contribution in [3.8, 4) is 0 Å². The lowest BCUT2D eigenvalue weighted by Gasteiger charge is -2.37. The van der Waals surface area contributed by atoms with E-state index in [9.17, 15) is 9.59 Å². The molecule has 206 valence electrons. The summed E-state index contributed by atoms with van der Waals surface area (Å²) in [5, 5.41) is 0.0608. The highest BCUT2D eigenvalue weighted by Gasteiger charge is 2.56. The summed E-state index contributed by atoms with van der Waals surface area (Å²) in [7, 11) is -2.01. The number of carbonyl (C=O) groups excluding carboxylic acids is 1. The van der Waals surface area contributed by atoms with Crippen LogP contribution in [0.15, 0.2) is 17.4 Å². The topological polar surface area (TPSA) is 125 Å². The normalized spacial score (nSPS) is 25.5. The smallest absolute Gasteiger partial charge is 0.302 e. The number of fused-ring (bicyclic) bond motifs is 2. The number of esters is 1. The SMILES string of the molecule is CC(=O)OCCOCn1cnc2c(ncn2[C@@H]2O[C@H](CO[Si](C)(C)C(C)(C)C)[C@H]3OC(C)(C)O[C@H]32)c1=O. The van der Waals surface area contributed by atoms with E-state index in [1.807, 2.05) is 13.8 Å². The van der Waals surface area contributed by atoms with Gasteiger partial charge >= 0.3 is 5.97 Å². The zero-order valence-electron chi connectivity index (χ0n) is 22.8. The van der Waals surface area contributed by atoms with Crippen LogP contribution in [0.1, 0.15) is 47.8 Å². The number of nitrogens with zero attached hydrogens (tertiary/aromatic N) is 4. The fourth-order valence-corrected chi connectivity index (χ4v) is 5.17. The Morgan fingerprint density at radius 2 is 1.84 bits per heavy atom. The summed E-state index contributed by atoms with van der Waals surface area (Å²) in [6, 6.07) is 0. The molecule has 0 aromatic carbocycles. The van der Waals surface area contributed by atoms with Crippen molar-refractivity contribution in [2.24, 2.45) is 0 Å². The molecule has 2 saturated heterocycles. The van der Waals surface area contributed by atoms with E-state index in [1.54, 1.807) is 10.9 Å². The maximum Gasteiger partial charge on any atom is 0.302 e. The molecule has 4 rings (SSSR count). The quantitative estimate of drug-likeness (QED) is 0.267. The van der Waals surface area contributed by atoms with E-state index in [-0.39, 0.29) is 54.2 Å². The minimum Gasteiger partial charge on any atom is -0.463 e. The second-order valence-corrected chi connectivity index (χ2v) is 16.2. The highest BCUT2D eigenvalue weighted by Crippen LogP contribution is 2.44. The Kier molecular flexibility index (Phi) is 7.67. The molecule has 0 spiro atoms. The first kappa shape index (κ1) is 27.9. The first-order valence-electron chi connectivity index (χ1n) is 12.5. The Bertz CT molecular complexity index is 1190. The average molecular weight is 539 g/mol. The Balaban J connectivity index is 1.52. The summed E-state index contributed by atoms with van der Waals surface area (Å²) in [4.78, 5) is 32.6. The number of hydrogen-bond donors (Lipinski definition) is 0. The number of aromatic nitrogens is 4. The Morgan fingerprint density at radius 3 is 2.51 bits per heavy atom. The van der Waals surface area contributed by atoms with Crippen LogP contribution in [-0.2, 0) is 39.6 Å². The molecular formula is C24H38N4O8Si. The van der Waals surface area contributed by atoms with E-state index in [2.05, 4.69) is 43.8 Å². The maximum atomic E-state index is 13.0. The molecule has 2 aromatic rings. The molecule has 12 nitrogen and oxygen atoms in total. The zero-order valence-corrected chi connectivity index (χ0v) is 23.8. The second-order valence-electron chi connectivity index (χ2n) is 11.4. The summed E-state index contributed by atoms with van der Waals surface area (Å²) in [5.41, 5.74) is 0.210. The lowest BCUT2D eigenvalue weighted by Crippen LogP contribution is -2.44. The van der Waals surface area contributed by atoms with Gasteiger partial charge in [0.1, 0.15) is 38.0 Å². The minimum atomic E-state index is -2.01. The molecule has 0 amide bonds. The van der Waals surface area contributed by atoms with Crippen LogP contribution >= 0.6 is 0 Å². The van der Waals surface area contributed by atoms with Crippen LogP contribution in [0.4, 0.5) is 0 Å². The molecule has 2 fully saturated rings. The molecule has 0 unspecified atom stereocenters. The lowest BCUT2D eigenvalue weighted by atomic mass is 10.1. The average Bonchev–Trinajstić information content (AvgIpc) is 3.43. The number of ether oxygens (including phenoxy) is 5. The van der Waals surface area contributed by atoms with Crippen molar-refractivity contribution < 1.29 is 32.9 Å². The van der Waals surface area contributed by atoms with Gasteiger partial charge in [0.05, 0.1) is 19.5 Å². The van der Waals surface area contributed by atoms with Crippen LogP contribution < -0.4 is 5.56 Å². The molecular weight excluding hydrogens is 500 g/mol. The molecule has 0 N–H and O–H groups in total. The van der Waals surface area contributed by atoms with E-state index < -0.39 is 26.4 Å². The van der Waals surface area contributed by atoms with Gasteiger partial charge in [0.2, 0.25) is 0 Å². The Morgan fingerprint density at radius 1 is 1.14 bits per heavy atom. The van der Waals surface area contributed by atoms with Gasteiger partial charge < -0.3 is 28.1 Å². The van der Waals surface area contributed by atoms with Gasteiger partial charge in [0, 0.05) is 6.92 Å². The van der Waals surface area contributed by atoms with E-state index in [4.69, 9.17) is 28.1 Å². The van der Waals surface area contributed by atoms with E-state index >= 15 is 0 Å². The van der Waals surface area contributed by atoms with Crippen LogP contribution in [0.5, 0.6) is 0 Å². The highest BCUT2D eigenvalue weighted by molar-refractivity contribution is 6.74. The van der Waals surface area contributed by atoms with Crippen molar-refractivity contribution in [3.63, 3.8) is 0 Å². The molecule has 37 heavy (non-hydrogen) atoms. The zero-order chi connectivity index (χ0) is 27.2. The van der Waals surface area contributed by atoms with Gasteiger partial charge in [-0.2, -0.15) is 0 Å². The van der Waals surface area contributed by atoms with Crippen molar-refractivity contribution >= 4 is 25.5 Å². The first-order valence-corrected chi connectivity index (χ1v) is 15.4. The third-order valence-electron chi connectivity index (χ3n) is 7.13. The summed E-state index contributed by atoms with van der Waals surface area (Å²) < 4.78 is 38.6. The molecule has 4 atom stereocenters. The maximum absolute atomic E-state index is 13.0. The number of hydrogen-bond acceptors (Lipinski definition) is 10. The van der Waals surface area contributed by atoms with Crippen molar-refractivity contribution in [3.05, 3.63) is 23.0 Å². The van der Waals surface area contributed by atoms with E-state index in [1.165, 1.54) is 17.8 Å². The van der Waals surface area contributed by atoms with Gasteiger partial charge in [-0.25, -0.2) is 9.97 Å². The first-order chi connectivity index (χ1) is 17.2. The molecule has 2 aliphatic heterocycles. The van der Waals surface area contributed by atoms with Crippen molar-refractivity contribution in [2.75, 3.05) is 19.8 Å². The number of imidazole rings is 1. The van der Waals surface area contributed by atoms with Crippen molar-refractivity contribution in [2.45, 2.75) is 96.7 Å². The summed E-state index contributed by atoms with van der Waals surface area (Å²) >= 11 is 0. The van der Waals surface area contributed by atoms with Gasteiger partial charge in [-0.15, -0.1) is 0 Å². The molecule has 2 aliphatic rings. The molecule has 0 aliphatic carbocycles. The molecule has 0 saturated carbocycles. The third kappa shape index (κ3) is 5.81. The van der Waals surface area contributed by atoms with Gasteiger partial charge in [-0.1, -0.05) is 20.8 Å². The van der Waals surface area contributed by atoms with Crippen LogP contribution in [0.25, 0.3) is 11.2 Å². The largest absolute Gasteiger partial charge is 0.463 e. The van der Waals surface area contributed by atoms with Gasteiger partial charge in [-0.05, 0) is 32.0 Å². The standard InChI is InChI=1S/C24H38N4O8Si/c1-15(29)32-10-9-31-14-27-12-26-20-17(21(27)30)25-13-28(20)22-19-18(35-24(5,6)36-19)16(34-22)11-33-37(7,8)23(2,3)4/h12-13,16,18-19,22H,9-11,14H2,1-8H3/t16-,18-,19-,22-/m1/s1. The summed E-state index contributed by atoms with van der Waals surface area (Å²) in [6.45, 7) is 16.6. The predicted octanol–water partition coefficient (Wildman–Crippen LogP) is 2.57. The second kappa shape index (κ2) is 10.2. The molecule has 4 heterocycles. The molecule has 0 bridgehead atoms. The van der Waals surface area contributed by atoms with Crippen LogP contribution in [0.3, 0.4) is 0 Å². The number of carbonyl (C=O) groups is 1. The molecule has 0 radical (unpaired) electrons. The number of rotatable bonds is 9.